The highest BCUT2D eigenvalue weighted by atomic mass is 19.1. The molecule has 0 N–H and O–H groups in total. The first-order valence-electron chi connectivity index (χ1n) is 5.11. The molecule has 3 fully saturated rings. The second-order valence-corrected chi connectivity index (χ2v) is 5.13. The zero-order valence-corrected chi connectivity index (χ0v) is 8.22. The number of alkyl halides is 1. The quantitative estimate of drug-likeness (QED) is 0.568. The lowest BCUT2D eigenvalue weighted by Crippen LogP contribution is -2.41. The maximum absolute atomic E-state index is 13.7. The predicted molar refractivity (Wildman–Crippen MR) is 47.1 cm³/mol. The van der Waals surface area contributed by atoms with E-state index in [2.05, 4.69) is 4.90 Å². The smallest absolute Gasteiger partial charge is 0.120 e. The van der Waals surface area contributed by atoms with Crippen LogP contribution in [0, 0.1) is 5.41 Å². The van der Waals surface area contributed by atoms with Crippen LogP contribution in [-0.2, 0) is 4.74 Å². The van der Waals surface area contributed by atoms with Gasteiger partial charge in [0.05, 0.1) is 6.61 Å². The van der Waals surface area contributed by atoms with Gasteiger partial charge >= 0.3 is 0 Å². The Morgan fingerprint density at radius 1 is 1.38 bits per heavy atom. The van der Waals surface area contributed by atoms with Crippen molar-refractivity contribution in [2.24, 2.45) is 5.41 Å². The number of ether oxygens (including phenoxy) is 1. The van der Waals surface area contributed by atoms with Crippen LogP contribution in [0.25, 0.3) is 0 Å². The minimum atomic E-state index is -0.610. The first-order valence-corrected chi connectivity index (χ1v) is 5.11. The van der Waals surface area contributed by atoms with Crippen molar-refractivity contribution in [1.82, 2.24) is 4.90 Å². The Balaban J connectivity index is 1.93. The molecular formula is C10H16FNO. The highest BCUT2D eigenvalue weighted by Gasteiger charge is 2.66. The topological polar surface area (TPSA) is 12.5 Å². The summed E-state index contributed by atoms with van der Waals surface area (Å²) in [6.07, 6.45) is 1.52. The second kappa shape index (κ2) is 2.09. The molecule has 0 bridgehead atoms. The molecule has 2 aliphatic heterocycles. The standard InChI is InChI=1S/C10H16FNO/c1-9(2)12-5-7(11)10(3-4-10)8(12)6-13-9/h7-8H,3-6H2,1-2H3. The third-order valence-electron chi connectivity index (χ3n) is 4.13. The summed E-state index contributed by atoms with van der Waals surface area (Å²) in [6, 6.07) is 0.359. The fourth-order valence-corrected chi connectivity index (χ4v) is 3.01. The van der Waals surface area contributed by atoms with E-state index in [9.17, 15) is 4.39 Å². The summed E-state index contributed by atoms with van der Waals surface area (Å²) in [5, 5.41) is 0. The van der Waals surface area contributed by atoms with Crippen LogP contribution in [0.5, 0.6) is 0 Å². The highest BCUT2D eigenvalue weighted by molar-refractivity contribution is 5.16. The molecule has 2 nitrogen and oxygen atoms in total. The third kappa shape index (κ3) is 0.847. The van der Waals surface area contributed by atoms with Crippen molar-refractivity contribution < 1.29 is 9.13 Å². The summed E-state index contributed by atoms with van der Waals surface area (Å²) < 4.78 is 19.4. The van der Waals surface area contributed by atoms with Crippen LogP contribution in [0.4, 0.5) is 4.39 Å². The molecule has 0 aromatic rings. The van der Waals surface area contributed by atoms with Gasteiger partial charge in [-0.15, -0.1) is 0 Å². The molecule has 2 unspecified atom stereocenters. The lowest BCUT2D eigenvalue weighted by atomic mass is 9.96. The van der Waals surface area contributed by atoms with Crippen molar-refractivity contribution in [3.05, 3.63) is 0 Å². The van der Waals surface area contributed by atoms with E-state index in [-0.39, 0.29) is 11.1 Å². The molecule has 3 aliphatic rings. The molecule has 74 valence electrons. The number of halogens is 1. The monoisotopic (exact) mass is 185 g/mol. The molecule has 0 radical (unpaired) electrons. The molecule has 0 amide bonds. The Labute approximate surface area is 78.0 Å². The molecule has 13 heavy (non-hydrogen) atoms. The van der Waals surface area contributed by atoms with Gasteiger partial charge in [0.1, 0.15) is 11.9 Å². The van der Waals surface area contributed by atoms with Gasteiger partial charge in [0.15, 0.2) is 0 Å². The van der Waals surface area contributed by atoms with E-state index in [1.54, 1.807) is 0 Å². The van der Waals surface area contributed by atoms with Crippen LogP contribution in [0.15, 0.2) is 0 Å². The molecule has 1 spiro atoms. The summed E-state index contributed by atoms with van der Waals surface area (Å²) in [5.74, 6) is 0. The van der Waals surface area contributed by atoms with Gasteiger partial charge in [0, 0.05) is 18.0 Å². The molecule has 3 rings (SSSR count). The van der Waals surface area contributed by atoms with Crippen molar-refractivity contribution in [2.75, 3.05) is 13.2 Å². The highest BCUT2D eigenvalue weighted by Crippen LogP contribution is 2.61. The van der Waals surface area contributed by atoms with E-state index >= 15 is 0 Å². The van der Waals surface area contributed by atoms with Gasteiger partial charge in [0.2, 0.25) is 0 Å². The van der Waals surface area contributed by atoms with E-state index in [1.807, 2.05) is 13.8 Å². The van der Waals surface area contributed by atoms with Crippen molar-refractivity contribution in [3.63, 3.8) is 0 Å². The molecule has 2 heterocycles. The van der Waals surface area contributed by atoms with E-state index < -0.39 is 6.17 Å². The van der Waals surface area contributed by atoms with Crippen molar-refractivity contribution in [1.29, 1.82) is 0 Å². The maximum atomic E-state index is 13.7. The van der Waals surface area contributed by atoms with Crippen LogP contribution in [0.3, 0.4) is 0 Å². The fraction of sp³-hybridized carbons (Fsp3) is 1.00. The normalized spacial score (nSPS) is 45.5. The van der Waals surface area contributed by atoms with E-state index in [0.29, 0.717) is 12.6 Å². The Morgan fingerprint density at radius 3 is 2.69 bits per heavy atom. The van der Waals surface area contributed by atoms with Crippen molar-refractivity contribution in [2.45, 2.75) is 44.6 Å². The molecule has 1 aliphatic carbocycles. The van der Waals surface area contributed by atoms with E-state index in [0.717, 1.165) is 19.4 Å². The van der Waals surface area contributed by atoms with Crippen LogP contribution >= 0.6 is 0 Å². The average molecular weight is 185 g/mol. The van der Waals surface area contributed by atoms with Gasteiger partial charge in [-0.25, -0.2) is 4.39 Å². The number of nitrogens with zero attached hydrogens (tertiary/aromatic N) is 1. The lowest BCUT2D eigenvalue weighted by Gasteiger charge is -2.28. The summed E-state index contributed by atoms with van der Waals surface area (Å²) in [4.78, 5) is 2.21. The maximum Gasteiger partial charge on any atom is 0.120 e. The van der Waals surface area contributed by atoms with Crippen LogP contribution in [-0.4, -0.2) is 36.0 Å². The largest absolute Gasteiger partial charge is 0.359 e. The molecule has 0 aromatic carbocycles. The van der Waals surface area contributed by atoms with Gasteiger partial charge in [0.25, 0.3) is 0 Å². The Hall–Kier alpha value is -0.150. The number of hydrogen-bond acceptors (Lipinski definition) is 2. The Morgan fingerprint density at radius 2 is 2.08 bits per heavy atom. The summed E-state index contributed by atoms with van der Waals surface area (Å²) in [6.45, 7) is 5.40. The predicted octanol–water partition coefficient (Wildman–Crippen LogP) is 1.56. The van der Waals surface area contributed by atoms with Gasteiger partial charge in [-0.1, -0.05) is 0 Å². The Bertz CT molecular complexity index is 249. The fourth-order valence-electron chi connectivity index (χ4n) is 3.01. The average Bonchev–Trinajstić information content (AvgIpc) is 2.71. The minimum Gasteiger partial charge on any atom is -0.359 e. The summed E-state index contributed by atoms with van der Waals surface area (Å²) in [7, 11) is 0. The third-order valence-corrected chi connectivity index (χ3v) is 4.13. The van der Waals surface area contributed by atoms with Crippen LogP contribution in [0.2, 0.25) is 0 Å². The molecule has 3 heteroatoms. The molecule has 2 atom stereocenters. The lowest BCUT2D eigenvalue weighted by molar-refractivity contribution is -0.0520. The molecular weight excluding hydrogens is 169 g/mol. The van der Waals surface area contributed by atoms with Crippen molar-refractivity contribution >= 4 is 0 Å². The minimum absolute atomic E-state index is 0.00618. The number of fused-ring (bicyclic) bond motifs is 2. The molecule has 1 saturated carbocycles. The summed E-state index contributed by atoms with van der Waals surface area (Å²) >= 11 is 0. The summed E-state index contributed by atoms with van der Waals surface area (Å²) in [5.41, 5.74) is -0.241. The first kappa shape index (κ1) is 8.18. The SMILES string of the molecule is CC1(C)OCC2N1CC(F)C21CC1. The second-order valence-electron chi connectivity index (χ2n) is 5.13. The van der Waals surface area contributed by atoms with Gasteiger partial charge in [-0.05, 0) is 26.7 Å². The van der Waals surface area contributed by atoms with Crippen LogP contribution in [0.1, 0.15) is 26.7 Å². The van der Waals surface area contributed by atoms with Gasteiger partial charge < -0.3 is 4.74 Å². The van der Waals surface area contributed by atoms with Crippen molar-refractivity contribution in [3.8, 4) is 0 Å². The first-order chi connectivity index (χ1) is 6.06. The molecule has 2 saturated heterocycles. The van der Waals surface area contributed by atoms with Gasteiger partial charge in [-0.2, -0.15) is 0 Å². The van der Waals surface area contributed by atoms with E-state index in [1.165, 1.54) is 0 Å². The van der Waals surface area contributed by atoms with E-state index in [4.69, 9.17) is 4.74 Å². The zero-order chi connectivity index (χ0) is 9.27. The number of rotatable bonds is 0. The number of hydrogen-bond donors (Lipinski definition) is 0. The molecule has 0 aromatic heterocycles. The zero-order valence-electron chi connectivity index (χ0n) is 8.22. The Kier molecular flexibility index (Phi) is 1.31. The van der Waals surface area contributed by atoms with Crippen LogP contribution < -0.4 is 0 Å². The van der Waals surface area contributed by atoms with Gasteiger partial charge in [-0.3, -0.25) is 4.90 Å².